The van der Waals surface area contributed by atoms with Crippen LogP contribution in [0, 0.1) is 12.7 Å². The summed E-state index contributed by atoms with van der Waals surface area (Å²) in [5.41, 5.74) is 2.37. The number of benzene rings is 1. The fraction of sp³-hybridized carbons (Fsp3) is 0.400. The second-order valence-corrected chi connectivity index (χ2v) is 11.1. The normalized spacial score (nSPS) is 21.0. The second kappa shape index (κ2) is 9.32. The number of aliphatic carboxylic acids is 1. The van der Waals surface area contributed by atoms with E-state index in [4.69, 9.17) is 9.72 Å². The average molecular weight is 562 g/mol. The molecule has 0 unspecified atom stereocenters. The fourth-order valence-electron chi connectivity index (χ4n) is 7.04. The number of fused-ring (bicyclic) bond motifs is 5. The van der Waals surface area contributed by atoms with E-state index in [-0.39, 0.29) is 31.0 Å². The number of carboxylic acid groups (broad SMARTS) is 1. The van der Waals surface area contributed by atoms with Crippen LogP contribution in [0.4, 0.5) is 4.39 Å². The van der Waals surface area contributed by atoms with Crippen molar-refractivity contribution in [3.05, 3.63) is 61.7 Å². The lowest BCUT2D eigenvalue weighted by atomic mass is 9.72. The molecule has 1 amide bonds. The van der Waals surface area contributed by atoms with Crippen LogP contribution in [-0.4, -0.2) is 44.8 Å². The first-order valence-corrected chi connectivity index (χ1v) is 13.6. The zero-order chi connectivity index (χ0) is 29.4. The van der Waals surface area contributed by atoms with Gasteiger partial charge < -0.3 is 24.5 Å². The number of rotatable bonds is 6. The number of nitrogens with zero attached hydrogens (tertiary/aromatic N) is 2. The van der Waals surface area contributed by atoms with Crippen molar-refractivity contribution in [2.75, 3.05) is 0 Å². The van der Waals surface area contributed by atoms with Gasteiger partial charge in [0.2, 0.25) is 5.91 Å². The number of amides is 1. The Kier molecular flexibility index (Phi) is 6.09. The number of hydrogen-bond donors (Lipinski definition) is 2. The molecule has 0 radical (unpaired) electrons. The van der Waals surface area contributed by atoms with Crippen LogP contribution >= 0.6 is 0 Å². The molecule has 2 N–H and O–H groups in total. The smallest absolute Gasteiger partial charge is 0.317 e. The minimum Gasteiger partial charge on any atom is -0.481 e. The maximum absolute atomic E-state index is 15.1. The third-order valence-corrected chi connectivity index (χ3v) is 9.04. The summed E-state index contributed by atoms with van der Waals surface area (Å²) in [6, 6.07) is 2.14. The van der Waals surface area contributed by atoms with Gasteiger partial charge in [0, 0.05) is 29.9 Å². The Bertz CT molecular complexity index is 1780. The van der Waals surface area contributed by atoms with Crippen molar-refractivity contribution in [2.45, 2.75) is 77.0 Å². The molecule has 0 bridgehead atoms. The number of ether oxygens (including phenoxy) is 1. The summed E-state index contributed by atoms with van der Waals surface area (Å²) in [5, 5.41) is 13.1. The Morgan fingerprint density at radius 1 is 1.29 bits per heavy atom. The van der Waals surface area contributed by atoms with Crippen molar-refractivity contribution in [1.29, 1.82) is 0 Å². The number of cyclic esters (lactones) is 1. The van der Waals surface area contributed by atoms with E-state index in [1.165, 1.54) is 17.6 Å². The van der Waals surface area contributed by atoms with E-state index in [1.54, 1.807) is 19.9 Å². The second-order valence-electron chi connectivity index (χ2n) is 11.1. The Labute approximate surface area is 233 Å². The molecular weight excluding hydrogens is 533 g/mol. The number of aryl methyl sites for hydroxylation is 1. The minimum absolute atomic E-state index is 0.102. The van der Waals surface area contributed by atoms with E-state index >= 15 is 4.39 Å². The van der Waals surface area contributed by atoms with Gasteiger partial charge in [-0.3, -0.25) is 19.2 Å². The van der Waals surface area contributed by atoms with Crippen LogP contribution in [0.3, 0.4) is 0 Å². The first-order chi connectivity index (χ1) is 19.5. The SMILES string of the molecule is CC[C@@]1(CC(=O)O)C(=O)OCc2c1cc1n(c2=O)Cc2c-1nc1cc(F)c(C)c3c1c2[C@@H]([C@H](C=O)NC(C)=O)CC3. The van der Waals surface area contributed by atoms with Crippen LogP contribution in [0.25, 0.3) is 22.3 Å². The van der Waals surface area contributed by atoms with E-state index < -0.39 is 47.1 Å². The topological polar surface area (TPSA) is 145 Å². The van der Waals surface area contributed by atoms with Gasteiger partial charge in [-0.25, -0.2) is 9.37 Å². The number of hydrogen-bond acceptors (Lipinski definition) is 7. The summed E-state index contributed by atoms with van der Waals surface area (Å²) in [7, 11) is 0. The predicted molar refractivity (Wildman–Crippen MR) is 144 cm³/mol. The molecule has 3 aliphatic rings. The molecule has 6 rings (SSSR count). The van der Waals surface area contributed by atoms with E-state index in [0.717, 1.165) is 11.1 Å². The van der Waals surface area contributed by atoms with Crippen LogP contribution in [-0.2, 0) is 48.9 Å². The van der Waals surface area contributed by atoms with Crippen molar-refractivity contribution in [3.63, 3.8) is 0 Å². The molecule has 212 valence electrons. The van der Waals surface area contributed by atoms with Gasteiger partial charge in [-0.2, -0.15) is 0 Å². The lowest BCUT2D eigenvalue weighted by Crippen LogP contribution is -2.45. The third-order valence-electron chi connectivity index (χ3n) is 9.04. The van der Waals surface area contributed by atoms with Crippen molar-refractivity contribution < 1.29 is 33.4 Å². The maximum atomic E-state index is 15.1. The molecule has 1 aliphatic carbocycles. The number of halogens is 1. The number of nitrogens with one attached hydrogen (secondary N) is 1. The van der Waals surface area contributed by atoms with E-state index in [0.29, 0.717) is 58.1 Å². The van der Waals surface area contributed by atoms with Crippen molar-refractivity contribution >= 4 is 35.0 Å². The molecular formula is C30H28FN3O7. The van der Waals surface area contributed by atoms with Gasteiger partial charge in [0.25, 0.3) is 5.56 Å². The van der Waals surface area contributed by atoms with E-state index in [1.807, 2.05) is 0 Å². The van der Waals surface area contributed by atoms with Crippen LogP contribution in [0.2, 0.25) is 0 Å². The quantitative estimate of drug-likeness (QED) is 0.270. The number of carbonyl (C=O) groups is 4. The first kappa shape index (κ1) is 26.8. The molecule has 0 saturated carbocycles. The van der Waals surface area contributed by atoms with E-state index in [2.05, 4.69) is 5.32 Å². The van der Waals surface area contributed by atoms with Crippen molar-refractivity contribution in [2.24, 2.45) is 0 Å². The van der Waals surface area contributed by atoms with Gasteiger partial charge in [0.15, 0.2) is 0 Å². The molecule has 41 heavy (non-hydrogen) atoms. The molecule has 0 fully saturated rings. The molecule has 3 aromatic rings. The lowest BCUT2D eigenvalue weighted by Gasteiger charge is -2.35. The summed E-state index contributed by atoms with van der Waals surface area (Å²) < 4.78 is 21.9. The van der Waals surface area contributed by atoms with Crippen molar-refractivity contribution in [3.8, 4) is 11.4 Å². The number of esters is 1. The number of carbonyl (C=O) groups excluding carboxylic acids is 3. The lowest BCUT2D eigenvalue weighted by molar-refractivity contribution is -0.159. The highest BCUT2D eigenvalue weighted by Gasteiger charge is 2.48. The highest BCUT2D eigenvalue weighted by atomic mass is 19.1. The van der Waals surface area contributed by atoms with Crippen LogP contribution in [0.5, 0.6) is 0 Å². The summed E-state index contributed by atoms with van der Waals surface area (Å²) in [6.07, 6.45) is 1.20. The van der Waals surface area contributed by atoms with Crippen molar-refractivity contribution in [1.82, 2.24) is 14.9 Å². The van der Waals surface area contributed by atoms with Gasteiger partial charge >= 0.3 is 11.9 Å². The van der Waals surface area contributed by atoms with Crippen LogP contribution < -0.4 is 10.9 Å². The molecule has 2 aliphatic heterocycles. The third kappa shape index (κ3) is 3.74. The molecule has 0 spiro atoms. The maximum Gasteiger partial charge on any atom is 0.317 e. The fourth-order valence-corrected chi connectivity index (χ4v) is 7.04. The average Bonchev–Trinajstić information content (AvgIpc) is 3.30. The molecule has 10 nitrogen and oxygen atoms in total. The predicted octanol–water partition coefficient (Wildman–Crippen LogP) is 2.79. The number of aromatic nitrogens is 2. The molecule has 1 aromatic carbocycles. The minimum atomic E-state index is -1.55. The zero-order valence-corrected chi connectivity index (χ0v) is 22.8. The summed E-state index contributed by atoms with van der Waals surface area (Å²) in [4.78, 5) is 67.8. The Morgan fingerprint density at radius 2 is 2.05 bits per heavy atom. The van der Waals surface area contributed by atoms with Gasteiger partial charge in [0.05, 0.1) is 41.5 Å². The summed E-state index contributed by atoms with van der Waals surface area (Å²) in [6.45, 7) is 4.54. The largest absolute Gasteiger partial charge is 0.481 e. The first-order valence-electron chi connectivity index (χ1n) is 13.6. The van der Waals surface area contributed by atoms with Gasteiger partial charge in [0.1, 0.15) is 24.1 Å². The van der Waals surface area contributed by atoms with Gasteiger partial charge in [-0.05, 0) is 54.5 Å². The number of pyridine rings is 2. The van der Waals surface area contributed by atoms with Gasteiger partial charge in [-0.15, -0.1) is 0 Å². The highest BCUT2D eigenvalue weighted by Crippen LogP contribution is 2.48. The monoisotopic (exact) mass is 561 g/mol. The molecule has 3 atom stereocenters. The standard InChI is InChI=1S/C30H28FN3O7/c1-4-30(9-24(37)38)19-7-23-27-17(10-34(23)28(39)18(19)12-41-29(30)40)25-16(22(11-35)32-14(3)36)6-5-15-13(2)20(31)8-21(33-27)26(15)25/h7-8,11,16,22H,4-6,9-10,12H2,1-3H3,(H,32,36)(H,37,38)/t16-,22+,30+/m1/s1. The molecule has 11 heteroatoms. The Hall–Kier alpha value is -4.41. The molecule has 0 saturated heterocycles. The summed E-state index contributed by atoms with van der Waals surface area (Å²) >= 11 is 0. The molecule has 4 heterocycles. The Balaban J connectivity index is 1.66. The number of aldehydes is 1. The van der Waals surface area contributed by atoms with Gasteiger partial charge in [-0.1, -0.05) is 6.92 Å². The highest BCUT2D eigenvalue weighted by molar-refractivity contribution is 5.95. The zero-order valence-electron chi connectivity index (χ0n) is 22.8. The molecule has 2 aromatic heterocycles. The summed E-state index contributed by atoms with van der Waals surface area (Å²) in [5.74, 6) is -3.14. The van der Waals surface area contributed by atoms with E-state index in [9.17, 15) is 29.1 Å². The van der Waals surface area contributed by atoms with Crippen LogP contribution in [0.15, 0.2) is 16.9 Å². The number of carboxylic acids is 1. The van der Waals surface area contributed by atoms with Crippen LogP contribution in [0.1, 0.15) is 72.4 Å². The Morgan fingerprint density at radius 3 is 2.71 bits per heavy atom.